The van der Waals surface area contributed by atoms with Crippen LogP contribution in [0.3, 0.4) is 0 Å². The van der Waals surface area contributed by atoms with Gasteiger partial charge in [-0.3, -0.25) is 5.41 Å². The highest BCUT2D eigenvalue weighted by atomic mass is 32.1. The molecular weight excluding hydrogens is 267 g/mol. The van der Waals surface area contributed by atoms with Crippen LogP contribution in [-0.2, 0) is 11.2 Å². The third-order valence-electron chi connectivity index (χ3n) is 2.37. The number of nitrogens with two attached hydrogens (primary N) is 1. The van der Waals surface area contributed by atoms with E-state index in [9.17, 15) is 13.2 Å². The van der Waals surface area contributed by atoms with Crippen molar-refractivity contribution in [1.82, 2.24) is 4.98 Å². The van der Waals surface area contributed by atoms with Gasteiger partial charge in [0.1, 0.15) is 11.8 Å². The summed E-state index contributed by atoms with van der Waals surface area (Å²) in [5, 5.41) is 6.89. The van der Waals surface area contributed by atoms with Gasteiger partial charge in [0.2, 0.25) is 0 Å². The average molecular weight is 281 g/mol. The van der Waals surface area contributed by atoms with Crippen LogP contribution < -0.4 is 5.73 Å². The molecule has 0 aliphatic heterocycles. The molecule has 102 valence electrons. The second-order valence-corrected chi connectivity index (χ2v) is 4.67. The van der Waals surface area contributed by atoms with Crippen LogP contribution in [0.5, 0.6) is 0 Å². The van der Waals surface area contributed by atoms with Gasteiger partial charge in [0.15, 0.2) is 0 Å². The first kappa shape index (κ1) is 14.9. The first-order chi connectivity index (χ1) is 8.32. The summed E-state index contributed by atoms with van der Waals surface area (Å²) in [6.07, 6.45) is -4.02. The number of ether oxygens (including phenoxy) is 1. The molecule has 1 atom stereocenters. The minimum atomic E-state index is -4.54. The summed E-state index contributed by atoms with van der Waals surface area (Å²) in [6, 6.07) is 0. The van der Waals surface area contributed by atoms with Crippen LogP contribution in [0.15, 0.2) is 5.51 Å². The molecule has 1 unspecified atom stereocenters. The van der Waals surface area contributed by atoms with Crippen LogP contribution in [0.4, 0.5) is 13.2 Å². The van der Waals surface area contributed by atoms with Crippen molar-refractivity contribution in [3.63, 3.8) is 0 Å². The molecule has 0 amide bonds. The molecular formula is C10H14F3N3OS. The lowest BCUT2D eigenvalue weighted by Crippen LogP contribution is -2.38. The van der Waals surface area contributed by atoms with Gasteiger partial charge in [-0.15, -0.1) is 11.3 Å². The molecule has 0 aromatic carbocycles. The summed E-state index contributed by atoms with van der Waals surface area (Å²) in [4.78, 5) is 5.01. The predicted octanol–water partition coefficient (Wildman–Crippen LogP) is 2.13. The summed E-state index contributed by atoms with van der Waals surface area (Å²) in [5.41, 5.74) is 7.44. The van der Waals surface area contributed by atoms with Crippen molar-refractivity contribution in [2.75, 3.05) is 13.2 Å². The molecule has 1 rings (SSSR count). The largest absolute Gasteiger partial charge is 0.400 e. The van der Waals surface area contributed by atoms with E-state index in [2.05, 4.69) is 4.98 Å². The van der Waals surface area contributed by atoms with E-state index in [4.69, 9.17) is 15.9 Å². The Balaban J connectivity index is 2.36. The van der Waals surface area contributed by atoms with Crippen LogP contribution in [0.25, 0.3) is 0 Å². The highest BCUT2D eigenvalue weighted by molar-refractivity contribution is 7.09. The summed E-state index contributed by atoms with van der Waals surface area (Å²) in [6.45, 7) is 1.37. The van der Waals surface area contributed by atoms with Crippen molar-refractivity contribution in [1.29, 1.82) is 5.41 Å². The smallest absolute Gasteiger partial charge is 0.387 e. The van der Waals surface area contributed by atoms with Crippen LogP contribution in [0, 0.1) is 18.3 Å². The molecule has 0 saturated heterocycles. The van der Waals surface area contributed by atoms with Gasteiger partial charge in [-0.2, -0.15) is 13.2 Å². The first-order valence-electron chi connectivity index (χ1n) is 5.19. The molecule has 8 heteroatoms. The number of rotatable bonds is 6. The van der Waals surface area contributed by atoms with Crippen LogP contribution in [0.1, 0.15) is 10.6 Å². The van der Waals surface area contributed by atoms with E-state index in [0.717, 1.165) is 10.6 Å². The van der Waals surface area contributed by atoms with Gasteiger partial charge in [0.25, 0.3) is 0 Å². The lowest BCUT2D eigenvalue weighted by atomic mass is 10.1. The zero-order valence-electron chi connectivity index (χ0n) is 9.75. The Kier molecular flexibility index (Phi) is 5.09. The van der Waals surface area contributed by atoms with Crippen molar-refractivity contribution in [3.8, 4) is 0 Å². The zero-order valence-corrected chi connectivity index (χ0v) is 10.6. The predicted molar refractivity (Wildman–Crippen MR) is 62.8 cm³/mol. The second kappa shape index (κ2) is 6.14. The van der Waals surface area contributed by atoms with E-state index in [0.29, 0.717) is 6.42 Å². The standard InChI is InChI=1S/C10H14F3N3OS/c1-6-8(18-5-16-6)2-3-17-4-7(9(14)15)10(11,12)13/h5,7H,2-4H2,1H3,(H3,14,15). The molecule has 1 aromatic heterocycles. The summed E-state index contributed by atoms with van der Waals surface area (Å²) < 4.78 is 42.2. The molecule has 4 nitrogen and oxygen atoms in total. The molecule has 1 aromatic rings. The Morgan fingerprint density at radius 3 is 2.72 bits per heavy atom. The quantitative estimate of drug-likeness (QED) is 0.476. The maximum atomic E-state index is 12.4. The number of halogens is 3. The molecule has 0 radical (unpaired) electrons. The first-order valence-corrected chi connectivity index (χ1v) is 6.07. The Labute approximate surface area is 106 Å². The van der Waals surface area contributed by atoms with E-state index in [1.54, 1.807) is 5.51 Å². The number of aryl methyl sites for hydroxylation is 1. The molecule has 0 bridgehead atoms. The van der Waals surface area contributed by atoms with Crippen LogP contribution in [0.2, 0.25) is 0 Å². The summed E-state index contributed by atoms with van der Waals surface area (Å²) >= 11 is 1.44. The van der Waals surface area contributed by atoms with Crippen molar-refractivity contribution in [2.45, 2.75) is 19.5 Å². The van der Waals surface area contributed by atoms with Crippen molar-refractivity contribution in [2.24, 2.45) is 11.7 Å². The van der Waals surface area contributed by atoms with Gasteiger partial charge in [0.05, 0.1) is 24.4 Å². The number of nitrogens with one attached hydrogen (secondary N) is 1. The van der Waals surface area contributed by atoms with E-state index >= 15 is 0 Å². The summed E-state index contributed by atoms with van der Waals surface area (Å²) in [7, 11) is 0. The third kappa shape index (κ3) is 4.26. The highest BCUT2D eigenvalue weighted by Gasteiger charge is 2.42. The monoisotopic (exact) mass is 281 g/mol. The number of alkyl halides is 3. The molecule has 18 heavy (non-hydrogen) atoms. The maximum Gasteiger partial charge on any atom is 0.400 e. The summed E-state index contributed by atoms with van der Waals surface area (Å²) in [5.74, 6) is -2.95. The minimum absolute atomic E-state index is 0.156. The van der Waals surface area contributed by atoms with E-state index in [-0.39, 0.29) is 6.61 Å². The van der Waals surface area contributed by atoms with Crippen LogP contribution in [-0.4, -0.2) is 30.2 Å². The third-order valence-corrected chi connectivity index (χ3v) is 3.37. The number of hydrogen-bond acceptors (Lipinski definition) is 4. The van der Waals surface area contributed by atoms with Gasteiger partial charge in [-0.25, -0.2) is 4.98 Å². The van der Waals surface area contributed by atoms with Gasteiger partial charge < -0.3 is 10.5 Å². The Hall–Kier alpha value is -1.15. The Morgan fingerprint density at radius 1 is 1.61 bits per heavy atom. The van der Waals surface area contributed by atoms with Gasteiger partial charge in [-0.05, 0) is 6.92 Å². The van der Waals surface area contributed by atoms with Gasteiger partial charge in [-0.1, -0.05) is 0 Å². The molecule has 3 N–H and O–H groups in total. The number of nitrogens with zero attached hydrogens (tertiary/aromatic N) is 1. The lowest BCUT2D eigenvalue weighted by Gasteiger charge is -2.18. The van der Waals surface area contributed by atoms with Crippen molar-refractivity contribution >= 4 is 17.2 Å². The zero-order chi connectivity index (χ0) is 13.8. The average Bonchev–Trinajstić information content (AvgIpc) is 2.61. The second-order valence-electron chi connectivity index (χ2n) is 3.74. The maximum absolute atomic E-state index is 12.4. The van der Waals surface area contributed by atoms with E-state index in [1.165, 1.54) is 11.3 Å². The lowest BCUT2D eigenvalue weighted by molar-refractivity contribution is -0.168. The molecule has 0 spiro atoms. The van der Waals surface area contributed by atoms with Crippen molar-refractivity contribution in [3.05, 3.63) is 16.1 Å². The van der Waals surface area contributed by atoms with Gasteiger partial charge >= 0.3 is 6.18 Å². The number of amidine groups is 1. The Morgan fingerprint density at radius 2 is 2.28 bits per heavy atom. The molecule has 1 heterocycles. The number of hydrogen-bond donors (Lipinski definition) is 2. The normalized spacial score (nSPS) is 13.6. The molecule has 0 aliphatic rings. The van der Waals surface area contributed by atoms with E-state index in [1.807, 2.05) is 6.92 Å². The number of thiazole rings is 1. The van der Waals surface area contributed by atoms with Crippen molar-refractivity contribution < 1.29 is 17.9 Å². The van der Waals surface area contributed by atoms with E-state index < -0.39 is 24.5 Å². The fourth-order valence-electron chi connectivity index (χ4n) is 1.29. The SMILES string of the molecule is Cc1ncsc1CCOCC(C(=N)N)C(F)(F)F. The molecule has 0 saturated carbocycles. The molecule has 0 aliphatic carbocycles. The van der Waals surface area contributed by atoms with Crippen LogP contribution >= 0.6 is 11.3 Å². The topological polar surface area (TPSA) is 72.0 Å². The number of aromatic nitrogens is 1. The van der Waals surface area contributed by atoms with Gasteiger partial charge in [0, 0.05) is 11.3 Å². The fourth-order valence-corrected chi connectivity index (χ4v) is 2.06. The highest BCUT2D eigenvalue weighted by Crippen LogP contribution is 2.26. The minimum Gasteiger partial charge on any atom is -0.387 e. The molecule has 0 fully saturated rings. The fraction of sp³-hybridized carbons (Fsp3) is 0.600. The Bertz CT molecular complexity index is 405.